The molecule has 3 unspecified atom stereocenters. The van der Waals surface area contributed by atoms with E-state index in [1.807, 2.05) is 0 Å². The van der Waals surface area contributed by atoms with Crippen molar-refractivity contribution >= 4 is 5.91 Å². The Labute approximate surface area is 113 Å². The molecule has 1 aromatic rings. The van der Waals surface area contributed by atoms with Crippen LogP contribution < -0.4 is 5.32 Å². The number of carbonyl (C=O) groups is 1. The van der Waals surface area contributed by atoms with Gasteiger partial charge in [0.05, 0.1) is 0 Å². The molecule has 2 fully saturated rings. The molecule has 0 aromatic heterocycles. The highest BCUT2D eigenvalue weighted by atomic mass is 19.1. The molecule has 0 aliphatic heterocycles. The van der Waals surface area contributed by atoms with Crippen molar-refractivity contribution in [1.82, 2.24) is 5.32 Å². The van der Waals surface area contributed by atoms with Crippen molar-refractivity contribution in [3.63, 3.8) is 0 Å². The molecule has 2 aliphatic carbocycles. The van der Waals surface area contributed by atoms with Gasteiger partial charge in [-0.3, -0.25) is 4.79 Å². The molecule has 3 atom stereocenters. The van der Waals surface area contributed by atoms with E-state index in [-0.39, 0.29) is 11.7 Å². The normalized spacial score (nSPS) is 28.6. The Balaban J connectivity index is 1.48. The van der Waals surface area contributed by atoms with Crippen molar-refractivity contribution < 1.29 is 9.18 Å². The molecule has 0 saturated heterocycles. The lowest BCUT2D eigenvalue weighted by Crippen LogP contribution is -2.27. The maximum absolute atomic E-state index is 13.4. The van der Waals surface area contributed by atoms with Crippen LogP contribution in [0.2, 0.25) is 0 Å². The fourth-order valence-corrected chi connectivity index (χ4v) is 3.77. The summed E-state index contributed by atoms with van der Waals surface area (Å²) in [6, 6.07) is 6.60. The van der Waals surface area contributed by atoms with E-state index in [0.29, 0.717) is 24.4 Å². The Bertz CT molecular complexity index is 474. The van der Waals surface area contributed by atoms with E-state index in [0.717, 1.165) is 11.8 Å². The van der Waals surface area contributed by atoms with Crippen LogP contribution in [0.15, 0.2) is 24.3 Å². The van der Waals surface area contributed by atoms with Gasteiger partial charge < -0.3 is 5.32 Å². The molecule has 0 spiro atoms. The summed E-state index contributed by atoms with van der Waals surface area (Å²) in [4.78, 5) is 11.9. The molecule has 102 valence electrons. The first kappa shape index (κ1) is 12.6. The second-order valence-corrected chi connectivity index (χ2v) is 6.01. The molecule has 3 rings (SSSR count). The molecular formula is C16H20FNO. The van der Waals surface area contributed by atoms with Gasteiger partial charge in [0.25, 0.3) is 0 Å². The summed E-state index contributed by atoms with van der Waals surface area (Å²) < 4.78 is 13.4. The second kappa shape index (κ2) is 5.32. The van der Waals surface area contributed by atoms with Gasteiger partial charge in [-0.25, -0.2) is 4.39 Å². The maximum atomic E-state index is 13.4. The van der Waals surface area contributed by atoms with Gasteiger partial charge in [0.2, 0.25) is 5.91 Å². The first-order chi connectivity index (χ1) is 9.22. The van der Waals surface area contributed by atoms with Crippen LogP contribution in [0, 0.1) is 23.6 Å². The van der Waals surface area contributed by atoms with E-state index in [2.05, 4.69) is 5.32 Å². The van der Waals surface area contributed by atoms with Gasteiger partial charge in [0.1, 0.15) is 5.82 Å². The molecule has 2 saturated carbocycles. The van der Waals surface area contributed by atoms with Crippen LogP contribution in [0.25, 0.3) is 0 Å². The van der Waals surface area contributed by atoms with Crippen LogP contribution in [0.3, 0.4) is 0 Å². The summed E-state index contributed by atoms with van der Waals surface area (Å²) >= 11 is 0. The van der Waals surface area contributed by atoms with Crippen LogP contribution in [0.1, 0.15) is 37.7 Å². The Kier molecular flexibility index (Phi) is 3.54. The van der Waals surface area contributed by atoms with Crippen LogP contribution in [-0.4, -0.2) is 5.91 Å². The molecular weight excluding hydrogens is 241 g/mol. The van der Waals surface area contributed by atoms with Gasteiger partial charge in [-0.15, -0.1) is 0 Å². The molecule has 19 heavy (non-hydrogen) atoms. The van der Waals surface area contributed by atoms with Crippen molar-refractivity contribution in [3.8, 4) is 0 Å². The number of hydrogen-bond donors (Lipinski definition) is 1. The first-order valence-electron chi connectivity index (χ1n) is 7.22. The van der Waals surface area contributed by atoms with Crippen LogP contribution in [-0.2, 0) is 11.3 Å². The number of nitrogens with one attached hydrogen (secondary N) is 1. The van der Waals surface area contributed by atoms with E-state index in [1.165, 1.54) is 31.7 Å². The zero-order valence-electron chi connectivity index (χ0n) is 11.1. The van der Waals surface area contributed by atoms with Crippen molar-refractivity contribution in [2.45, 2.75) is 38.6 Å². The Morgan fingerprint density at radius 3 is 2.79 bits per heavy atom. The molecule has 1 N–H and O–H groups in total. The molecule has 2 bridgehead atoms. The lowest BCUT2D eigenvalue weighted by molar-refractivity contribution is -0.122. The van der Waals surface area contributed by atoms with Crippen LogP contribution in [0.4, 0.5) is 4.39 Å². The SMILES string of the molecule is O=C(CC1CC2CCC1C2)NCc1ccccc1F. The van der Waals surface area contributed by atoms with Crippen LogP contribution in [0.5, 0.6) is 0 Å². The van der Waals surface area contributed by atoms with Gasteiger partial charge in [0, 0.05) is 18.5 Å². The highest BCUT2D eigenvalue weighted by Crippen LogP contribution is 2.49. The standard InChI is InChI=1S/C16H20FNO/c17-15-4-2-1-3-13(15)10-18-16(19)9-14-8-11-5-6-12(14)7-11/h1-4,11-12,14H,5-10H2,(H,18,19). The Morgan fingerprint density at radius 2 is 2.11 bits per heavy atom. The third kappa shape index (κ3) is 2.80. The molecule has 1 aromatic carbocycles. The predicted octanol–water partition coefficient (Wildman–Crippen LogP) is 3.27. The smallest absolute Gasteiger partial charge is 0.220 e. The summed E-state index contributed by atoms with van der Waals surface area (Å²) in [5, 5.41) is 2.85. The minimum Gasteiger partial charge on any atom is -0.352 e. The number of benzene rings is 1. The minimum absolute atomic E-state index is 0.0702. The van der Waals surface area contributed by atoms with E-state index in [1.54, 1.807) is 18.2 Å². The third-order valence-electron chi connectivity index (χ3n) is 4.77. The van der Waals surface area contributed by atoms with E-state index < -0.39 is 0 Å². The number of rotatable bonds is 4. The Hall–Kier alpha value is -1.38. The van der Waals surface area contributed by atoms with Crippen molar-refractivity contribution in [2.75, 3.05) is 0 Å². The number of carbonyl (C=O) groups excluding carboxylic acids is 1. The van der Waals surface area contributed by atoms with Crippen LogP contribution >= 0.6 is 0 Å². The molecule has 1 amide bonds. The summed E-state index contributed by atoms with van der Waals surface area (Å²) in [7, 11) is 0. The topological polar surface area (TPSA) is 29.1 Å². The zero-order chi connectivity index (χ0) is 13.2. The number of fused-ring (bicyclic) bond motifs is 2. The quantitative estimate of drug-likeness (QED) is 0.885. The van der Waals surface area contributed by atoms with Gasteiger partial charge in [-0.05, 0) is 43.1 Å². The maximum Gasteiger partial charge on any atom is 0.220 e. The molecule has 0 heterocycles. The van der Waals surface area contributed by atoms with E-state index >= 15 is 0 Å². The fourth-order valence-electron chi connectivity index (χ4n) is 3.77. The fraction of sp³-hybridized carbons (Fsp3) is 0.562. The van der Waals surface area contributed by atoms with Gasteiger partial charge >= 0.3 is 0 Å². The Morgan fingerprint density at radius 1 is 1.26 bits per heavy atom. The number of hydrogen-bond acceptors (Lipinski definition) is 1. The summed E-state index contributed by atoms with van der Waals surface area (Å²) in [5.74, 6) is 2.03. The number of halogens is 1. The van der Waals surface area contributed by atoms with Crippen molar-refractivity contribution in [1.29, 1.82) is 0 Å². The highest BCUT2D eigenvalue weighted by Gasteiger charge is 2.39. The summed E-state index contributed by atoms with van der Waals surface area (Å²) in [5.41, 5.74) is 0.559. The number of amides is 1. The summed E-state index contributed by atoms with van der Waals surface area (Å²) in [6.45, 7) is 0.298. The van der Waals surface area contributed by atoms with Gasteiger partial charge in [-0.2, -0.15) is 0 Å². The molecule has 0 radical (unpaired) electrons. The predicted molar refractivity (Wildman–Crippen MR) is 71.8 cm³/mol. The van der Waals surface area contributed by atoms with Crippen molar-refractivity contribution in [2.24, 2.45) is 17.8 Å². The van der Waals surface area contributed by atoms with Gasteiger partial charge in [0.15, 0.2) is 0 Å². The minimum atomic E-state index is -0.247. The van der Waals surface area contributed by atoms with E-state index in [4.69, 9.17) is 0 Å². The molecule has 2 aliphatic rings. The molecule has 3 heteroatoms. The van der Waals surface area contributed by atoms with E-state index in [9.17, 15) is 9.18 Å². The molecule has 2 nitrogen and oxygen atoms in total. The second-order valence-electron chi connectivity index (χ2n) is 6.01. The largest absolute Gasteiger partial charge is 0.352 e. The lowest BCUT2D eigenvalue weighted by atomic mass is 9.86. The highest BCUT2D eigenvalue weighted by molar-refractivity contribution is 5.76. The average molecular weight is 261 g/mol. The first-order valence-corrected chi connectivity index (χ1v) is 7.22. The summed E-state index contributed by atoms with van der Waals surface area (Å²) in [6.07, 6.45) is 5.83. The lowest BCUT2D eigenvalue weighted by Gasteiger charge is -2.20. The van der Waals surface area contributed by atoms with Crippen molar-refractivity contribution in [3.05, 3.63) is 35.6 Å². The van der Waals surface area contributed by atoms with Gasteiger partial charge in [-0.1, -0.05) is 24.6 Å². The third-order valence-corrected chi connectivity index (χ3v) is 4.77. The monoisotopic (exact) mass is 261 g/mol. The zero-order valence-corrected chi connectivity index (χ0v) is 11.1. The average Bonchev–Trinajstić information content (AvgIpc) is 3.00.